The first-order valence-corrected chi connectivity index (χ1v) is 35.4. The summed E-state index contributed by atoms with van der Waals surface area (Å²) in [6.07, 6.45) is 78.8. The van der Waals surface area contributed by atoms with Crippen LogP contribution in [0, 0.1) is 0 Å². The Bertz CT molecular complexity index is 1350. The Morgan fingerprint density at radius 1 is 0.429 bits per heavy atom. The first kappa shape index (κ1) is 75.7. The monoisotopic (exact) mass is 1110 g/mol. The van der Waals surface area contributed by atoms with Gasteiger partial charge in [-0.3, -0.25) is 13.8 Å². The Morgan fingerprint density at radius 3 is 1.04 bits per heavy atom. The molecule has 0 radical (unpaired) electrons. The van der Waals surface area contributed by atoms with Gasteiger partial charge in [0.15, 0.2) is 0 Å². The van der Waals surface area contributed by atoms with E-state index in [1.54, 1.807) is 6.08 Å². The molecule has 0 aromatic rings. The van der Waals surface area contributed by atoms with Gasteiger partial charge in [0.05, 0.1) is 39.9 Å². The number of allylic oxidation sites excluding steroid dienone is 5. The van der Waals surface area contributed by atoms with E-state index in [0.717, 1.165) is 38.5 Å². The molecule has 0 saturated carbocycles. The maximum Gasteiger partial charge on any atom is 0.472 e. The van der Waals surface area contributed by atoms with Crippen molar-refractivity contribution in [2.24, 2.45) is 0 Å². The van der Waals surface area contributed by atoms with E-state index in [-0.39, 0.29) is 19.1 Å². The van der Waals surface area contributed by atoms with Gasteiger partial charge < -0.3 is 19.8 Å². The smallest absolute Gasteiger partial charge is 0.387 e. The zero-order chi connectivity index (χ0) is 56.3. The molecule has 0 saturated heterocycles. The van der Waals surface area contributed by atoms with Gasteiger partial charge in [0.25, 0.3) is 0 Å². The number of unbranched alkanes of at least 4 members (excludes halogenated alkanes) is 46. The van der Waals surface area contributed by atoms with E-state index in [4.69, 9.17) is 9.05 Å². The van der Waals surface area contributed by atoms with Crippen LogP contribution in [0.1, 0.15) is 341 Å². The highest BCUT2D eigenvalue weighted by Gasteiger charge is 2.28. The number of carbonyl (C=O) groups excluding carboxylic acids is 1. The van der Waals surface area contributed by atoms with Crippen LogP contribution in [0.3, 0.4) is 0 Å². The minimum atomic E-state index is -4.35. The van der Waals surface area contributed by atoms with Crippen molar-refractivity contribution in [3.05, 3.63) is 36.5 Å². The molecule has 9 heteroatoms. The summed E-state index contributed by atoms with van der Waals surface area (Å²) in [6.45, 7) is 4.83. The summed E-state index contributed by atoms with van der Waals surface area (Å²) in [7, 11) is 1.57. The Labute approximate surface area is 480 Å². The van der Waals surface area contributed by atoms with E-state index in [9.17, 15) is 19.4 Å². The minimum absolute atomic E-state index is 0.0576. The fraction of sp³-hybridized carbons (Fsp3) is 0.897. The number of amides is 1. The van der Waals surface area contributed by atoms with Gasteiger partial charge in [0, 0.05) is 6.42 Å². The number of phosphoric acid groups is 1. The summed E-state index contributed by atoms with van der Waals surface area (Å²) < 4.78 is 23.7. The van der Waals surface area contributed by atoms with Gasteiger partial charge in [-0.2, -0.15) is 0 Å². The summed E-state index contributed by atoms with van der Waals surface area (Å²) in [4.78, 5) is 23.3. The molecular weight excluding hydrogens is 972 g/mol. The van der Waals surface area contributed by atoms with Gasteiger partial charge in [-0.05, 0) is 57.8 Å². The third-order valence-electron chi connectivity index (χ3n) is 15.6. The predicted octanol–water partition coefficient (Wildman–Crippen LogP) is 21.3. The van der Waals surface area contributed by atoms with Crippen LogP contribution in [-0.2, 0) is 18.4 Å². The van der Waals surface area contributed by atoms with Gasteiger partial charge in [0.1, 0.15) is 13.2 Å². The first-order chi connectivity index (χ1) is 37.5. The van der Waals surface area contributed by atoms with E-state index >= 15 is 0 Å². The highest BCUT2D eigenvalue weighted by atomic mass is 31.2. The van der Waals surface area contributed by atoms with Crippen molar-refractivity contribution in [1.29, 1.82) is 0 Å². The average molecular weight is 1110 g/mol. The number of aliphatic hydroxyl groups is 1. The number of quaternary nitrogens is 1. The Hall–Kier alpha value is -1.28. The number of hydrogen-bond donors (Lipinski definition) is 3. The number of nitrogens with one attached hydrogen (secondary N) is 1. The summed E-state index contributed by atoms with van der Waals surface area (Å²) in [5, 5.41) is 13.9. The third-order valence-corrected chi connectivity index (χ3v) is 16.6. The van der Waals surface area contributed by atoms with E-state index in [0.29, 0.717) is 17.4 Å². The number of nitrogens with zero attached hydrogens (tertiary/aromatic N) is 1. The zero-order valence-electron chi connectivity index (χ0n) is 52.2. The van der Waals surface area contributed by atoms with Crippen LogP contribution in [0.4, 0.5) is 0 Å². The second-order valence-corrected chi connectivity index (χ2v) is 26.0. The fourth-order valence-electron chi connectivity index (χ4n) is 10.3. The number of aliphatic hydroxyl groups excluding tert-OH is 1. The van der Waals surface area contributed by atoms with Crippen molar-refractivity contribution in [3.63, 3.8) is 0 Å². The number of likely N-dealkylation sites (N-methyl/N-ethyl adjacent to an activating group) is 1. The lowest BCUT2D eigenvalue weighted by atomic mass is 10.0. The third kappa shape index (κ3) is 62.2. The lowest BCUT2D eigenvalue weighted by Gasteiger charge is -2.25. The highest BCUT2D eigenvalue weighted by Crippen LogP contribution is 2.43. The molecule has 0 fully saturated rings. The Morgan fingerprint density at radius 2 is 0.714 bits per heavy atom. The largest absolute Gasteiger partial charge is 0.472 e. The normalized spacial score (nSPS) is 13.9. The topological polar surface area (TPSA) is 105 Å². The summed E-state index contributed by atoms with van der Waals surface area (Å²) >= 11 is 0. The molecular formula is C68H134N2O6P+. The number of phosphoric ester groups is 1. The van der Waals surface area contributed by atoms with Crippen molar-refractivity contribution in [2.45, 2.75) is 353 Å². The molecule has 3 atom stereocenters. The van der Waals surface area contributed by atoms with Crippen LogP contribution >= 0.6 is 7.82 Å². The molecule has 0 aliphatic heterocycles. The summed E-state index contributed by atoms with van der Waals surface area (Å²) in [5.41, 5.74) is 0. The van der Waals surface area contributed by atoms with Gasteiger partial charge in [-0.1, -0.05) is 314 Å². The van der Waals surface area contributed by atoms with E-state index in [2.05, 4.69) is 43.5 Å². The van der Waals surface area contributed by atoms with Crippen molar-refractivity contribution in [1.82, 2.24) is 5.32 Å². The molecule has 0 aromatic carbocycles. The molecule has 1 amide bonds. The average Bonchev–Trinajstić information content (AvgIpc) is 3.39. The van der Waals surface area contributed by atoms with Crippen LogP contribution in [0.2, 0.25) is 0 Å². The molecule has 0 spiro atoms. The molecule has 8 nitrogen and oxygen atoms in total. The van der Waals surface area contributed by atoms with Crippen molar-refractivity contribution in [2.75, 3.05) is 40.9 Å². The standard InChI is InChI=1S/C68H133N2O6P/c1-6-8-10-12-14-16-18-20-22-24-25-26-27-28-29-30-31-32-33-34-35-36-37-38-39-40-41-42-43-44-45-46-48-50-52-54-56-58-60-62-68(72)69-66(65-76-77(73,74)75-64-63-70(3,4)5)67(71)61-59-57-55-53-51-49-47-23-21-19-17-15-13-11-9-7-2/h34-35,51,53,59,61,66-67,71H,6-33,36-50,52,54-58,60,62-65H2,1-5H3,(H-,69,72,73,74)/p+1/b35-34-,53-51+,61-59+. The maximum absolute atomic E-state index is 13.0. The first-order valence-electron chi connectivity index (χ1n) is 33.9. The SMILES string of the molecule is CCCCCCCCCCCC/C=C/CC/C=C/C(O)C(COP(=O)(O)OCC[N+](C)(C)C)NC(=O)CCCCCCCCCCCCCCCCCCC/C=C\CCCCCCCCCCCCCCCCCCCC. The molecule has 3 unspecified atom stereocenters. The predicted molar refractivity (Wildman–Crippen MR) is 337 cm³/mol. The summed E-state index contributed by atoms with van der Waals surface area (Å²) in [5.74, 6) is -0.182. The molecule has 0 aliphatic carbocycles. The molecule has 0 bridgehead atoms. The molecule has 77 heavy (non-hydrogen) atoms. The van der Waals surface area contributed by atoms with Gasteiger partial charge >= 0.3 is 7.82 Å². The molecule has 0 aromatic heterocycles. The van der Waals surface area contributed by atoms with Gasteiger partial charge in [-0.15, -0.1) is 0 Å². The number of carbonyl (C=O) groups is 1. The van der Waals surface area contributed by atoms with Crippen LogP contribution in [0.15, 0.2) is 36.5 Å². The lowest BCUT2D eigenvalue weighted by molar-refractivity contribution is -0.870. The second-order valence-electron chi connectivity index (χ2n) is 24.5. The second kappa shape index (κ2) is 59.3. The van der Waals surface area contributed by atoms with Crippen LogP contribution in [-0.4, -0.2) is 73.4 Å². The maximum atomic E-state index is 13.0. The fourth-order valence-corrected chi connectivity index (χ4v) is 11.0. The molecule has 0 rings (SSSR count). The minimum Gasteiger partial charge on any atom is -0.387 e. The van der Waals surface area contributed by atoms with Gasteiger partial charge in [0.2, 0.25) is 5.91 Å². The quantitative estimate of drug-likeness (QED) is 0.0243. The Kier molecular flexibility index (Phi) is 58.4. The van der Waals surface area contributed by atoms with Crippen LogP contribution in [0.5, 0.6) is 0 Å². The van der Waals surface area contributed by atoms with E-state index < -0.39 is 20.0 Å². The number of rotatable bonds is 63. The van der Waals surface area contributed by atoms with Crippen LogP contribution in [0.25, 0.3) is 0 Å². The van der Waals surface area contributed by atoms with Crippen molar-refractivity contribution >= 4 is 13.7 Å². The molecule has 456 valence electrons. The van der Waals surface area contributed by atoms with Crippen LogP contribution < -0.4 is 5.32 Å². The molecule has 0 aliphatic rings. The van der Waals surface area contributed by atoms with E-state index in [1.165, 1.54) is 283 Å². The van der Waals surface area contributed by atoms with Crippen molar-refractivity contribution in [3.8, 4) is 0 Å². The Balaban J connectivity index is 3.92. The van der Waals surface area contributed by atoms with Crippen molar-refractivity contribution < 1.29 is 32.9 Å². The molecule has 3 N–H and O–H groups in total. The van der Waals surface area contributed by atoms with Gasteiger partial charge in [-0.25, -0.2) is 4.57 Å². The van der Waals surface area contributed by atoms with E-state index in [1.807, 2.05) is 27.2 Å². The molecule has 0 heterocycles. The lowest BCUT2D eigenvalue weighted by Crippen LogP contribution is -2.45. The highest BCUT2D eigenvalue weighted by molar-refractivity contribution is 7.47. The number of hydrogen-bond acceptors (Lipinski definition) is 5. The zero-order valence-corrected chi connectivity index (χ0v) is 53.1. The summed E-state index contributed by atoms with van der Waals surface area (Å²) in [6, 6.07) is -0.862.